The number of rotatable bonds is 0. The topological polar surface area (TPSA) is 34.1 Å². The molecule has 2 rings (SSSR count). The molecule has 0 saturated heterocycles. The summed E-state index contributed by atoms with van der Waals surface area (Å²) < 4.78 is 0. The standard InChI is InChI=1S/C22H28O2/c1-13-9-15(19(23)17(11-13)21(3,4)5)16-10-14(2)12-18(20(16)24)22(6,7)8/h9-12H,1-8H3/b16-15-. The molecule has 0 heterocycles. The minimum absolute atomic E-state index is 0.0318. The molecule has 0 spiro atoms. The monoisotopic (exact) mass is 324 g/mol. The summed E-state index contributed by atoms with van der Waals surface area (Å²) in [5.41, 5.74) is 4.08. The van der Waals surface area contributed by atoms with Gasteiger partial charge in [-0.05, 0) is 48.0 Å². The highest BCUT2D eigenvalue weighted by Crippen LogP contribution is 2.38. The highest BCUT2D eigenvalue weighted by Gasteiger charge is 2.34. The van der Waals surface area contributed by atoms with E-state index in [4.69, 9.17) is 0 Å². The summed E-state index contributed by atoms with van der Waals surface area (Å²) in [5.74, 6) is -0.0636. The molecule has 128 valence electrons. The Balaban J connectivity index is 2.66. The summed E-state index contributed by atoms with van der Waals surface area (Å²) in [7, 11) is 0. The summed E-state index contributed by atoms with van der Waals surface area (Å²) in [6.45, 7) is 16.1. The number of hydrogen-bond donors (Lipinski definition) is 0. The molecule has 0 fully saturated rings. The fourth-order valence-electron chi connectivity index (χ4n) is 3.06. The van der Waals surface area contributed by atoms with Crippen molar-refractivity contribution in [2.45, 2.75) is 55.4 Å². The first-order chi connectivity index (χ1) is 10.8. The smallest absolute Gasteiger partial charge is 0.190 e. The van der Waals surface area contributed by atoms with Gasteiger partial charge in [0.05, 0.1) is 0 Å². The van der Waals surface area contributed by atoms with E-state index in [9.17, 15) is 9.59 Å². The Morgan fingerprint density at radius 1 is 0.583 bits per heavy atom. The third-order valence-electron chi connectivity index (χ3n) is 4.37. The van der Waals surface area contributed by atoms with Crippen molar-refractivity contribution < 1.29 is 9.59 Å². The van der Waals surface area contributed by atoms with Crippen LogP contribution in [0.3, 0.4) is 0 Å². The SMILES string of the molecule is CC1=C/C(=C2\C=C(C)C=C(C(C)(C)C)C2=O)C(=O)C(C(C)(C)C)=C1. The predicted molar refractivity (Wildman–Crippen MR) is 99.6 cm³/mol. The molecule has 0 aromatic carbocycles. The Hall–Kier alpha value is -1.96. The Morgan fingerprint density at radius 3 is 1.12 bits per heavy atom. The second kappa shape index (κ2) is 5.84. The van der Waals surface area contributed by atoms with E-state index in [0.717, 1.165) is 22.3 Å². The van der Waals surface area contributed by atoms with Crippen LogP contribution in [0, 0.1) is 10.8 Å². The number of carbonyl (C=O) groups excluding carboxylic acids is 2. The van der Waals surface area contributed by atoms with Crippen LogP contribution >= 0.6 is 0 Å². The zero-order chi connectivity index (χ0) is 18.4. The Morgan fingerprint density at radius 2 is 0.875 bits per heavy atom. The van der Waals surface area contributed by atoms with E-state index in [1.165, 1.54) is 0 Å². The molecule has 0 aromatic rings. The van der Waals surface area contributed by atoms with Crippen LogP contribution in [0.15, 0.2) is 57.7 Å². The molecule has 24 heavy (non-hydrogen) atoms. The van der Waals surface area contributed by atoms with Crippen LogP contribution in [-0.4, -0.2) is 11.6 Å². The van der Waals surface area contributed by atoms with Gasteiger partial charge in [-0.25, -0.2) is 0 Å². The molecule has 0 unspecified atom stereocenters. The minimum atomic E-state index is -0.252. The van der Waals surface area contributed by atoms with Gasteiger partial charge in [0.1, 0.15) is 0 Å². The molecule has 0 aliphatic heterocycles. The van der Waals surface area contributed by atoms with E-state index in [1.54, 1.807) is 0 Å². The van der Waals surface area contributed by atoms with Crippen LogP contribution in [0.1, 0.15) is 55.4 Å². The number of ketones is 2. The first kappa shape index (κ1) is 18.4. The van der Waals surface area contributed by atoms with Crippen molar-refractivity contribution in [3.05, 3.63) is 57.7 Å². The minimum Gasteiger partial charge on any atom is -0.289 e. The van der Waals surface area contributed by atoms with Gasteiger partial charge in [-0.1, -0.05) is 53.7 Å². The van der Waals surface area contributed by atoms with Crippen LogP contribution in [0.25, 0.3) is 0 Å². The Labute approximate surface area is 145 Å². The Kier molecular flexibility index (Phi) is 4.47. The molecule has 2 heteroatoms. The zero-order valence-corrected chi connectivity index (χ0v) is 16.1. The molecule has 0 bridgehead atoms. The summed E-state index contributed by atoms with van der Waals surface area (Å²) in [6.07, 6.45) is 7.58. The second-order valence-electron chi connectivity index (χ2n) is 8.88. The maximum Gasteiger partial charge on any atom is 0.190 e. The van der Waals surface area contributed by atoms with E-state index in [1.807, 2.05) is 79.7 Å². The summed E-state index contributed by atoms with van der Waals surface area (Å²) >= 11 is 0. The third-order valence-corrected chi connectivity index (χ3v) is 4.37. The van der Waals surface area contributed by atoms with E-state index >= 15 is 0 Å². The number of allylic oxidation sites excluding steroid dienone is 10. The molecule has 2 aliphatic carbocycles. The van der Waals surface area contributed by atoms with Crippen LogP contribution in [0.5, 0.6) is 0 Å². The largest absolute Gasteiger partial charge is 0.289 e. The van der Waals surface area contributed by atoms with Gasteiger partial charge < -0.3 is 0 Å². The number of hydrogen-bond acceptors (Lipinski definition) is 2. The van der Waals surface area contributed by atoms with Gasteiger partial charge in [-0.15, -0.1) is 0 Å². The van der Waals surface area contributed by atoms with Gasteiger partial charge in [0.2, 0.25) is 0 Å². The molecular weight excluding hydrogens is 296 g/mol. The molecule has 0 atom stereocenters. The lowest BCUT2D eigenvalue weighted by atomic mass is 9.73. The molecule has 0 radical (unpaired) electrons. The summed E-state index contributed by atoms with van der Waals surface area (Å²) in [4.78, 5) is 26.1. The quantitative estimate of drug-likeness (QED) is 0.568. The molecular formula is C22H28O2. The van der Waals surface area contributed by atoms with Gasteiger partial charge in [0.25, 0.3) is 0 Å². The zero-order valence-electron chi connectivity index (χ0n) is 16.1. The van der Waals surface area contributed by atoms with Crippen molar-refractivity contribution in [2.24, 2.45) is 10.8 Å². The van der Waals surface area contributed by atoms with E-state index < -0.39 is 0 Å². The highest BCUT2D eigenvalue weighted by molar-refractivity contribution is 6.22. The summed E-state index contributed by atoms with van der Waals surface area (Å²) in [6, 6.07) is 0. The van der Waals surface area contributed by atoms with Gasteiger partial charge >= 0.3 is 0 Å². The van der Waals surface area contributed by atoms with Crippen LogP contribution in [0.2, 0.25) is 0 Å². The predicted octanol–water partition coefficient (Wildman–Crippen LogP) is 5.29. The molecule has 0 saturated carbocycles. The lowest BCUT2D eigenvalue weighted by molar-refractivity contribution is -0.115. The van der Waals surface area contributed by atoms with Gasteiger partial charge in [0, 0.05) is 22.3 Å². The average Bonchev–Trinajstić information content (AvgIpc) is 2.41. The lowest BCUT2D eigenvalue weighted by Crippen LogP contribution is -2.26. The fourth-order valence-corrected chi connectivity index (χ4v) is 3.06. The second-order valence-corrected chi connectivity index (χ2v) is 8.88. The van der Waals surface area contributed by atoms with Gasteiger partial charge in [0.15, 0.2) is 11.6 Å². The molecule has 0 N–H and O–H groups in total. The number of carbonyl (C=O) groups is 2. The first-order valence-electron chi connectivity index (χ1n) is 8.47. The molecule has 0 amide bonds. The Bertz CT molecular complexity index is 698. The third kappa shape index (κ3) is 3.43. The van der Waals surface area contributed by atoms with Crippen molar-refractivity contribution in [3.63, 3.8) is 0 Å². The summed E-state index contributed by atoms with van der Waals surface area (Å²) in [5, 5.41) is 0. The van der Waals surface area contributed by atoms with E-state index in [0.29, 0.717) is 11.1 Å². The lowest BCUT2D eigenvalue weighted by Gasteiger charge is -2.29. The van der Waals surface area contributed by atoms with Gasteiger partial charge in [-0.2, -0.15) is 0 Å². The van der Waals surface area contributed by atoms with E-state index in [-0.39, 0.29) is 22.4 Å². The highest BCUT2D eigenvalue weighted by atomic mass is 16.1. The van der Waals surface area contributed by atoms with Crippen LogP contribution < -0.4 is 0 Å². The molecule has 2 nitrogen and oxygen atoms in total. The maximum absolute atomic E-state index is 13.1. The van der Waals surface area contributed by atoms with Crippen LogP contribution in [0.4, 0.5) is 0 Å². The van der Waals surface area contributed by atoms with Crippen molar-refractivity contribution in [1.82, 2.24) is 0 Å². The van der Waals surface area contributed by atoms with Gasteiger partial charge in [-0.3, -0.25) is 9.59 Å². The molecule has 0 aromatic heterocycles. The average molecular weight is 324 g/mol. The number of Topliss-reactive ketones (excluding diaryl/α,β-unsaturated/α-hetero) is 2. The van der Waals surface area contributed by atoms with Crippen molar-refractivity contribution in [1.29, 1.82) is 0 Å². The van der Waals surface area contributed by atoms with Crippen molar-refractivity contribution >= 4 is 11.6 Å². The van der Waals surface area contributed by atoms with Crippen molar-refractivity contribution in [2.75, 3.05) is 0 Å². The van der Waals surface area contributed by atoms with E-state index in [2.05, 4.69) is 0 Å². The van der Waals surface area contributed by atoms with Crippen LogP contribution in [-0.2, 0) is 9.59 Å². The first-order valence-corrected chi connectivity index (χ1v) is 8.47. The molecule has 2 aliphatic rings. The fraction of sp³-hybridized carbons (Fsp3) is 0.455. The maximum atomic E-state index is 13.1. The van der Waals surface area contributed by atoms with Crippen molar-refractivity contribution in [3.8, 4) is 0 Å². The normalized spacial score (nSPS) is 22.8.